The Labute approximate surface area is 195 Å². The second kappa shape index (κ2) is 9.79. The molecule has 0 unspecified atom stereocenters. The second-order valence-corrected chi connectivity index (χ2v) is 11.5. The highest BCUT2D eigenvalue weighted by Gasteiger charge is 2.43. The van der Waals surface area contributed by atoms with E-state index in [9.17, 15) is 14.4 Å². The minimum absolute atomic E-state index is 0.0120. The van der Waals surface area contributed by atoms with Gasteiger partial charge < -0.3 is 9.64 Å². The Hall–Kier alpha value is -2.13. The molecule has 0 aromatic carbocycles. The van der Waals surface area contributed by atoms with Gasteiger partial charge in [0.05, 0.1) is 17.7 Å². The third-order valence-electron chi connectivity index (χ3n) is 6.56. The molecule has 2 fully saturated rings. The number of carbonyl (C=O) groups is 3. The van der Waals surface area contributed by atoms with Gasteiger partial charge in [0.15, 0.2) is 0 Å². The number of esters is 1. The normalized spacial score (nSPS) is 25.2. The van der Waals surface area contributed by atoms with Gasteiger partial charge >= 0.3 is 5.97 Å². The standard InChI is InChI=1S/C26H35NO4S/c1-16-7-9-18(10-8-16)24(29)27(20-13-19(14-20)17(2)28)22-15-21(11-12-26(3,4)5)32-23(22)25(30)31-6/h15-16,18-20H,7-10,13-14H2,1-6H3. The molecule has 174 valence electrons. The van der Waals surface area contributed by atoms with E-state index in [0.29, 0.717) is 29.3 Å². The van der Waals surface area contributed by atoms with Crippen molar-refractivity contribution in [2.75, 3.05) is 12.0 Å². The molecule has 32 heavy (non-hydrogen) atoms. The number of hydrogen-bond donors (Lipinski definition) is 0. The Morgan fingerprint density at radius 3 is 2.25 bits per heavy atom. The summed E-state index contributed by atoms with van der Waals surface area (Å²) in [5, 5.41) is 0. The van der Waals surface area contributed by atoms with Gasteiger partial charge in [-0.15, -0.1) is 11.3 Å². The topological polar surface area (TPSA) is 63.7 Å². The van der Waals surface area contributed by atoms with Gasteiger partial charge in [0.25, 0.3) is 0 Å². The Morgan fingerprint density at radius 2 is 1.72 bits per heavy atom. The van der Waals surface area contributed by atoms with E-state index in [2.05, 4.69) is 18.8 Å². The number of amides is 1. The summed E-state index contributed by atoms with van der Waals surface area (Å²) in [6, 6.07) is 1.79. The Kier molecular flexibility index (Phi) is 7.50. The van der Waals surface area contributed by atoms with E-state index in [-0.39, 0.29) is 35.0 Å². The first-order chi connectivity index (χ1) is 15.0. The van der Waals surface area contributed by atoms with E-state index < -0.39 is 5.97 Å². The molecule has 1 aromatic rings. The molecule has 2 aliphatic carbocycles. The summed E-state index contributed by atoms with van der Waals surface area (Å²) in [5.74, 6) is 6.75. The predicted molar refractivity (Wildman–Crippen MR) is 128 cm³/mol. The molecule has 0 N–H and O–H groups in total. The van der Waals surface area contributed by atoms with Crippen molar-refractivity contribution < 1.29 is 19.1 Å². The number of hydrogen-bond acceptors (Lipinski definition) is 5. The molecule has 1 amide bonds. The zero-order valence-electron chi connectivity index (χ0n) is 20.1. The molecule has 1 heterocycles. The summed E-state index contributed by atoms with van der Waals surface area (Å²) in [7, 11) is 1.36. The number of nitrogens with zero attached hydrogens (tertiary/aromatic N) is 1. The number of thiophene rings is 1. The second-order valence-electron chi connectivity index (χ2n) is 10.4. The van der Waals surface area contributed by atoms with Crippen LogP contribution in [0.4, 0.5) is 5.69 Å². The minimum Gasteiger partial charge on any atom is -0.465 e. The smallest absolute Gasteiger partial charge is 0.350 e. The summed E-state index contributed by atoms with van der Waals surface area (Å²) < 4.78 is 5.05. The van der Waals surface area contributed by atoms with Crippen LogP contribution >= 0.6 is 11.3 Å². The van der Waals surface area contributed by atoms with E-state index in [1.54, 1.807) is 6.92 Å². The van der Waals surface area contributed by atoms with Crippen molar-refractivity contribution in [2.24, 2.45) is 23.2 Å². The lowest BCUT2D eigenvalue weighted by Crippen LogP contribution is -2.52. The molecular formula is C26H35NO4S. The molecule has 0 radical (unpaired) electrons. The fraction of sp³-hybridized carbons (Fsp3) is 0.654. The number of methoxy groups -OCH3 is 1. The first kappa shape index (κ1) is 24.5. The lowest BCUT2D eigenvalue weighted by Gasteiger charge is -2.43. The highest BCUT2D eigenvalue weighted by molar-refractivity contribution is 7.15. The van der Waals surface area contributed by atoms with Gasteiger partial charge in [-0.05, 0) is 78.2 Å². The summed E-state index contributed by atoms with van der Waals surface area (Å²) >= 11 is 1.28. The van der Waals surface area contributed by atoms with Crippen LogP contribution in [0.25, 0.3) is 0 Å². The van der Waals surface area contributed by atoms with Crippen LogP contribution in [-0.2, 0) is 14.3 Å². The molecule has 0 saturated heterocycles. The van der Waals surface area contributed by atoms with Crippen LogP contribution in [0.2, 0.25) is 0 Å². The van der Waals surface area contributed by atoms with Gasteiger partial charge in [0.1, 0.15) is 10.7 Å². The zero-order chi connectivity index (χ0) is 23.6. The number of ketones is 1. The van der Waals surface area contributed by atoms with Gasteiger partial charge in [0, 0.05) is 23.3 Å². The van der Waals surface area contributed by atoms with Crippen molar-refractivity contribution >= 4 is 34.7 Å². The molecule has 0 bridgehead atoms. The van der Waals surface area contributed by atoms with Crippen LogP contribution in [0.1, 0.15) is 87.7 Å². The number of ether oxygens (including phenoxy) is 1. The number of carbonyl (C=O) groups excluding carboxylic acids is 3. The maximum absolute atomic E-state index is 13.8. The van der Waals surface area contributed by atoms with Crippen molar-refractivity contribution in [2.45, 2.75) is 79.2 Å². The van der Waals surface area contributed by atoms with Gasteiger partial charge in [-0.25, -0.2) is 4.79 Å². The van der Waals surface area contributed by atoms with Crippen LogP contribution < -0.4 is 4.90 Å². The van der Waals surface area contributed by atoms with E-state index in [0.717, 1.165) is 30.6 Å². The van der Waals surface area contributed by atoms with Gasteiger partial charge in [-0.1, -0.05) is 18.8 Å². The minimum atomic E-state index is -0.452. The van der Waals surface area contributed by atoms with E-state index in [4.69, 9.17) is 4.74 Å². The average Bonchev–Trinajstić information content (AvgIpc) is 3.11. The monoisotopic (exact) mass is 457 g/mol. The Morgan fingerprint density at radius 1 is 1.09 bits per heavy atom. The van der Waals surface area contributed by atoms with E-state index >= 15 is 0 Å². The third-order valence-corrected chi connectivity index (χ3v) is 7.58. The molecule has 5 nitrogen and oxygen atoms in total. The lowest BCUT2D eigenvalue weighted by molar-refractivity contribution is -0.128. The molecule has 6 heteroatoms. The highest BCUT2D eigenvalue weighted by atomic mass is 32.1. The molecule has 0 aliphatic heterocycles. The first-order valence-electron chi connectivity index (χ1n) is 11.6. The molecule has 2 saturated carbocycles. The summed E-state index contributed by atoms with van der Waals surface area (Å²) in [5.41, 5.74) is 0.419. The summed E-state index contributed by atoms with van der Waals surface area (Å²) in [6.07, 6.45) is 5.11. The largest absolute Gasteiger partial charge is 0.465 e. The van der Waals surface area contributed by atoms with Crippen LogP contribution in [0.15, 0.2) is 6.07 Å². The summed E-state index contributed by atoms with van der Waals surface area (Å²) in [4.78, 5) is 41.2. The van der Waals surface area contributed by atoms with Gasteiger partial charge in [-0.2, -0.15) is 0 Å². The van der Waals surface area contributed by atoms with Gasteiger partial charge in [0.2, 0.25) is 5.91 Å². The first-order valence-corrected chi connectivity index (χ1v) is 12.4. The fourth-order valence-corrected chi connectivity index (χ4v) is 5.36. The third kappa shape index (κ3) is 5.61. The van der Waals surface area contributed by atoms with Crippen molar-refractivity contribution in [1.82, 2.24) is 0 Å². The van der Waals surface area contributed by atoms with E-state index in [1.807, 2.05) is 31.7 Å². The SMILES string of the molecule is COC(=O)c1sc(C#CC(C)(C)C)cc1N(C(=O)C1CCC(C)CC1)C1CC(C(C)=O)C1. The van der Waals surface area contributed by atoms with Crippen LogP contribution in [0.5, 0.6) is 0 Å². The molecular weight excluding hydrogens is 422 g/mol. The number of anilines is 1. The highest BCUT2D eigenvalue weighted by Crippen LogP contribution is 2.42. The van der Waals surface area contributed by atoms with Crippen LogP contribution in [0.3, 0.4) is 0 Å². The molecule has 3 rings (SSSR count). The fourth-order valence-electron chi connectivity index (χ4n) is 4.44. The number of Topliss-reactive ketones (excluding diaryl/α,β-unsaturated/α-hetero) is 1. The summed E-state index contributed by atoms with van der Waals surface area (Å²) in [6.45, 7) is 9.94. The van der Waals surface area contributed by atoms with E-state index in [1.165, 1.54) is 18.4 Å². The molecule has 0 atom stereocenters. The zero-order valence-corrected chi connectivity index (χ0v) is 20.9. The van der Waals surface area contributed by atoms with Gasteiger partial charge in [-0.3, -0.25) is 9.59 Å². The maximum atomic E-state index is 13.8. The van der Waals surface area contributed by atoms with Crippen LogP contribution in [-0.4, -0.2) is 30.8 Å². The Balaban J connectivity index is 2.00. The van der Waals surface area contributed by atoms with Crippen molar-refractivity contribution in [3.63, 3.8) is 0 Å². The maximum Gasteiger partial charge on any atom is 0.350 e. The Bertz CT molecular complexity index is 931. The van der Waals surface area contributed by atoms with Crippen LogP contribution in [0, 0.1) is 35.0 Å². The van der Waals surface area contributed by atoms with Crippen molar-refractivity contribution in [3.8, 4) is 11.8 Å². The quantitative estimate of drug-likeness (QED) is 0.435. The average molecular weight is 458 g/mol. The lowest BCUT2D eigenvalue weighted by atomic mass is 9.75. The predicted octanol–water partition coefficient (Wildman–Crippen LogP) is 5.46. The molecule has 1 aromatic heterocycles. The van der Waals surface area contributed by atoms with Crippen molar-refractivity contribution in [1.29, 1.82) is 0 Å². The van der Waals surface area contributed by atoms with Crippen molar-refractivity contribution in [3.05, 3.63) is 15.8 Å². The molecule has 2 aliphatic rings. The molecule has 0 spiro atoms. The number of rotatable bonds is 5.